The van der Waals surface area contributed by atoms with Gasteiger partial charge in [-0.25, -0.2) is 4.39 Å². The number of rotatable bonds is 4. The van der Waals surface area contributed by atoms with Gasteiger partial charge in [0, 0.05) is 42.9 Å². The molecule has 1 amide bonds. The zero-order valence-corrected chi connectivity index (χ0v) is 17.9. The average molecular weight is 443 g/mol. The molecule has 0 saturated carbocycles. The highest BCUT2D eigenvalue weighted by Gasteiger charge is 2.25. The van der Waals surface area contributed by atoms with Gasteiger partial charge in [-0.2, -0.15) is 0 Å². The molecule has 0 bridgehead atoms. The van der Waals surface area contributed by atoms with Crippen LogP contribution < -0.4 is 14.8 Å². The van der Waals surface area contributed by atoms with Crippen LogP contribution in [0.4, 0.5) is 10.1 Å². The number of nitrogens with one attached hydrogen (secondary N) is 1. The molecule has 0 spiro atoms. The van der Waals surface area contributed by atoms with Crippen LogP contribution in [0.3, 0.4) is 0 Å². The predicted molar refractivity (Wildman–Crippen MR) is 118 cm³/mol. The first-order valence-corrected chi connectivity index (χ1v) is 11.0. The monoisotopic (exact) mass is 442 g/mol. The lowest BCUT2D eigenvalue weighted by Gasteiger charge is -2.34. The number of amides is 1. The number of benzene rings is 2. The average Bonchev–Trinajstić information content (AvgIpc) is 2.77. The van der Waals surface area contributed by atoms with Gasteiger partial charge in [0.25, 0.3) is 0 Å². The highest BCUT2D eigenvalue weighted by Crippen LogP contribution is 2.36. The Morgan fingerprint density at radius 3 is 2.84 bits per heavy atom. The van der Waals surface area contributed by atoms with E-state index in [1.807, 2.05) is 18.2 Å². The van der Waals surface area contributed by atoms with Crippen molar-refractivity contribution < 1.29 is 18.7 Å². The predicted octanol–water partition coefficient (Wildman–Crippen LogP) is 4.60. The number of piperidine rings is 1. The Bertz CT molecular complexity index is 1050. The lowest BCUT2D eigenvalue weighted by atomic mass is 10.0. The summed E-state index contributed by atoms with van der Waals surface area (Å²) >= 11 is 6.56. The number of hydrogen-bond donors (Lipinski definition) is 1. The summed E-state index contributed by atoms with van der Waals surface area (Å²) in [5.41, 5.74) is 3.63. The van der Waals surface area contributed by atoms with Crippen molar-refractivity contribution in [2.45, 2.75) is 31.8 Å². The number of nitrogens with zero attached hydrogens (tertiary/aromatic N) is 1. The number of halogens is 2. The SMILES string of the molecule is O=C1CCc2cc(OC3CCN(CC4=C(Cl)c5cc(F)ccc5OC4)CC3)ccc2N1. The molecule has 2 aromatic rings. The van der Waals surface area contributed by atoms with E-state index in [9.17, 15) is 9.18 Å². The topological polar surface area (TPSA) is 50.8 Å². The standard InChI is InChI=1S/C24H24ClFN2O3/c25-24-16(14-30-22-5-2-17(26)12-20(22)24)13-28-9-7-18(8-10-28)31-19-3-4-21-15(11-19)1-6-23(29)27-21/h2-5,11-12,18H,1,6-10,13-14H2,(H,27,29). The minimum atomic E-state index is -0.315. The lowest BCUT2D eigenvalue weighted by Crippen LogP contribution is -2.40. The summed E-state index contributed by atoms with van der Waals surface area (Å²) in [6, 6.07) is 10.3. The number of fused-ring (bicyclic) bond motifs is 2. The molecule has 1 fully saturated rings. The van der Waals surface area contributed by atoms with Crippen molar-refractivity contribution in [1.29, 1.82) is 0 Å². The summed E-state index contributed by atoms with van der Waals surface area (Å²) in [5, 5.41) is 3.50. The Balaban J connectivity index is 1.18. The first-order valence-electron chi connectivity index (χ1n) is 10.7. The zero-order chi connectivity index (χ0) is 21.4. The van der Waals surface area contributed by atoms with E-state index in [1.165, 1.54) is 12.1 Å². The molecule has 0 radical (unpaired) electrons. The van der Waals surface area contributed by atoms with Gasteiger partial charge in [0.2, 0.25) is 5.91 Å². The van der Waals surface area contributed by atoms with Gasteiger partial charge in [0.15, 0.2) is 0 Å². The van der Waals surface area contributed by atoms with E-state index in [-0.39, 0.29) is 17.8 Å². The van der Waals surface area contributed by atoms with Crippen molar-refractivity contribution in [2.24, 2.45) is 0 Å². The maximum Gasteiger partial charge on any atom is 0.224 e. The Hall–Kier alpha value is -2.57. The number of hydrogen-bond acceptors (Lipinski definition) is 4. The van der Waals surface area contributed by atoms with Gasteiger partial charge in [-0.1, -0.05) is 11.6 Å². The Morgan fingerprint density at radius 2 is 2.00 bits per heavy atom. The van der Waals surface area contributed by atoms with Gasteiger partial charge in [0.1, 0.15) is 30.0 Å². The van der Waals surface area contributed by atoms with E-state index in [2.05, 4.69) is 10.2 Å². The molecule has 3 aliphatic rings. The smallest absolute Gasteiger partial charge is 0.224 e. The van der Waals surface area contributed by atoms with Crippen LogP contribution in [0.1, 0.15) is 30.4 Å². The van der Waals surface area contributed by atoms with E-state index >= 15 is 0 Å². The van der Waals surface area contributed by atoms with Crippen molar-refractivity contribution in [3.8, 4) is 11.5 Å². The van der Waals surface area contributed by atoms with Crippen LogP contribution in [-0.4, -0.2) is 43.2 Å². The van der Waals surface area contributed by atoms with Crippen LogP contribution >= 0.6 is 11.6 Å². The zero-order valence-electron chi connectivity index (χ0n) is 17.1. The Kier molecular flexibility index (Phi) is 5.59. The molecular formula is C24H24ClFN2O3. The fraction of sp³-hybridized carbons (Fsp3) is 0.375. The first kappa shape index (κ1) is 20.3. The van der Waals surface area contributed by atoms with E-state index in [0.29, 0.717) is 35.9 Å². The summed E-state index contributed by atoms with van der Waals surface area (Å²) in [7, 11) is 0. The molecule has 3 heterocycles. The molecular weight excluding hydrogens is 419 g/mol. The molecule has 31 heavy (non-hydrogen) atoms. The van der Waals surface area contributed by atoms with Crippen LogP contribution in [0.5, 0.6) is 11.5 Å². The Morgan fingerprint density at radius 1 is 1.16 bits per heavy atom. The summed E-state index contributed by atoms with van der Waals surface area (Å²) < 4.78 is 25.6. The molecule has 0 unspecified atom stereocenters. The van der Waals surface area contributed by atoms with Gasteiger partial charge in [0.05, 0.1) is 5.03 Å². The number of aryl methyl sites for hydroxylation is 1. The van der Waals surface area contributed by atoms with Crippen LogP contribution in [-0.2, 0) is 11.2 Å². The van der Waals surface area contributed by atoms with Crippen LogP contribution in [0.25, 0.3) is 5.03 Å². The summed E-state index contributed by atoms with van der Waals surface area (Å²) in [6.07, 6.45) is 3.28. The molecule has 0 aromatic heterocycles. The minimum absolute atomic E-state index is 0.0701. The van der Waals surface area contributed by atoms with Crippen LogP contribution in [0.2, 0.25) is 0 Å². The summed E-state index contributed by atoms with van der Waals surface area (Å²) in [6.45, 7) is 2.93. The minimum Gasteiger partial charge on any atom is -0.490 e. The van der Waals surface area contributed by atoms with Crippen molar-refractivity contribution in [1.82, 2.24) is 4.90 Å². The third-order valence-electron chi connectivity index (χ3n) is 6.11. The number of anilines is 1. The molecule has 2 aromatic carbocycles. The lowest BCUT2D eigenvalue weighted by molar-refractivity contribution is -0.116. The number of carbonyl (C=O) groups is 1. The van der Waals surface area contributed by atoms with E-state index < -0.39 is 0 Å². The molecule has 1 saturated heterocycles. The van der Waals surface area contributed by atoms with Crippen molar-refractivity contribution in [2.75, 3.05) is 31.6 Å². The second-order valence-electron chi connectivity index (χ2n) is 8.31. The van der Waals surface area contributed by atoms with Gasteiger partial charge in [-0.05, 0) is 61.2 Å². The quantitative estimate of drug-likeness (QED) is 0.752. The molecule has 7 heteroatoms. The second-order valence-corrected chi connectivity index (χ2v) is 8.69. The van der Waals surface area contributed by atoms with Gasteiger partial charge >= 0.3 is 0 Å². The Labute approximate surface area is 185 Å². The first-order chi connectivity index (χ1) is 15.0. The van der Waals surface area contributed by atoms with Crippen molar-refractivity contribution in [3.05, 3.63) is 58.9 Å². The largest absolute Gasteiger partial charge is 0.490 e. The van der Waals surface area contributed by atoms with E-state index in [1.54, 1.807) is 6.07 Å². The van der Waals surface area contributed by atoms with Crippen molar-refractivity contribution >= 4 is 28.2 Å². The summed E-state index contributed by atoms with van der Waals surface area (Å²) in [4.78, 5) is 13.9. The maximum atomic E-state index is 13.6. The van der Waals surface area contributed by atoms with E-state index in [4.69, 9.17) is 21.1 Å². The highest BCUT2D eigenvalue weighted by molar-refractivity contribution is 6.49. The molecule has 0 aliphatic carbocycles. The van der Waals surface area contributed by atoms with Crippen molar-refractivity contribution in [3.63, 3.8) is 0 Å². The fourth-order valence-electron chi connectivity index (χ4n) is 4.41. The number of ether oxygens (including phenoxy) is 2. The number of carbonyl (C=O) groups excluding carboxylic acids is 1. The third-order valence-corrected chi connectivity index (χ3v) is 6.59. The molecule has 5 rings (SSSR count). The van der Waals surface area contributed by atoms with Gasteiger partial charge in [-0.3, -0.25) is 9.69 Å². The van der Waals surface area contributed by atoms with E-state index in [0.717, 1.165) is 54.9 Å². The second kappa shape index (κ2) is 8.52. The maximum absolute atomic E-state index is 13.6. The summed E-state index contributed by atoms with van der Waals surface area (Å²) in [5.74, 6) is 1.25. The third kappa shape index (κ3) is 4.41. The molecule has 3 aliphatic heterocycles. The van der Waals surface area contributed by atoms with Crippen LogP contribution in [0.15, 0.2) is 42.0 Å². The highest BCUT2D eigenvalue weighted by atomic mass is 35.5. The molecule has 0 atom stereocenters. The fourth-order valence-corrected chi connectivity index (χ4v) is 4.68. The van der Waals surface area contributed by atoms with Gasteiger partial charge < -0.3 is 14.8 Å². The molecule has 162 valence electrons. The van der Waals surface area contributed by atoms with Gasteiger partial charge in [-0.15, -0.1) is 0 Å². The van der Waals surface area contributed by atoms with Crippen LogP contribution in [0, 0.1) is 5.82 Å². The molecule has 5 nitrogen and oxygen atoms in total. The number of likely N-dealkylation sites (tertiary alicyclic amines) is 1. The normalized spacial score (nSPS) is 19.4. The molecule has 1 N–H and O–H groups in total.